The normalized spacial score (nSPS) is 19.6. The molecule has 3 rings (SSSR count). The molecule has 2 amide bonds. The second kappa shape index (κ2) is 4.37. The molecule has 2 aliphatic carbocycles. The zero-order chi connectivity index (χ0) is 13.5. The van der Waals surface area contributed by atoms with E-state index >= 15 is 0 Å². The smallest absolute Gasteiger partial charge is 0.240 e. The molecule has 0 heterocycles. The number of aryl methyl sites for hydroxylation is 1. The summed E-state index contributed by atoms with van der Waals surface area (Å²) in [6.07, 6.45) is 3.40. The van der Waals surface area contributed by atoms with Gasteiger partial charge < -0.3 is 10.6 Å². The minimum Gasteiger partial charge on any atom is -0.352 e. The quantitative estimate of drug-likeness (QED) is 0.811. The fraction of sp³-hybridized carbons (Fsp3) is 0.467. The van der Waals surface area contributed by atoms with Gasteiger partial charge in [0.1, 0.15) is 5.41 Å². The van der Waals surface area contributed by atoms with Crippen molar-refractivity contribution >= 4 is 17.5 Å². The van der Waals surface area contributed by atoms with Gasteiger partial charge in [-0.1, -0.05) is 17.7 Å². The summed E-state index contributed by atoms with van der Waals surface area (Å²) in [6, 6.07) is 7.92. The van der Waals surface area contributed by atoms with Crippen molar-refractivity contribution < 1.29 is 9.59 Å². The molecule has 0 unspecified atom stereocenters. The highest BCUT2D eigenvalue weighted by Crippen LogP contribution is 2.47. The molecule has 0 atom stereocenters. The average Bonchev–Trinajstić information content (AvgIpc) is 3.25. The van der Waals surface area contributed by atoms with Gasteiger partial charge in [-0.25, -0.2) is 0 Å². The number of carbonyl (C=O) groups excluding carboxylic acids is 2. The van der Waals surface area contributed by atoms with Gasteiger partial charge in [-0.2, -0.15) is 0 Å². The number of nitrogens with one attached hydrogen (secondary N) is 2. The van der Waals surface area contributed by atoms with Crippen molar-refractivity contribution in [3.63, 3.8) is 0 Å². The van der Waals surface area contributed by atoms with Crippen LogP contribution in [0.1, 0.15) is 31.2 Å². The Morgan fingerprint density at radius 1 is 1.11 bits per heavy atom. The lowest BCUT2D eigenvalue weighted by Crippen LogP contribution is -2.40. The number of rotatable bonds is 4. The summed E-state index contributed by atoms with van der Waals surface area (Å²) < 4.78 is 0. The van der Waals surface area contributed by atoms with Gasteiger partial charge in [0.15, 0.2) is 0 Å². The Balaban J connectivity index is 1.65. The molecule has 4 heteroatoms. The molecule has 2 saturated carbocycles. The molecule has 0 saturated heterocycles. The lowest BCUT2D eigenvalue weighted by Gasteiger charge is -2.15. The van der Waals surface area contributed by atoms with Crippen molar-refractivity contribution in [3.05, 3.63) is 29.8 Å². The number of hydrogen-bond acceptors (Lipinski definition) is 2. The predicted octanol–water partition coefficient (Wildman–Crippen LogP) is 1.99. The summed E-state index contributed by atoms with van der Waals surface area (Å²) in [5.41, 5.74) is 1.08. The first-order valence-electron chi connectivity index (χ1n) is 6.79. The molecule has 1 aromatic carbocycles. The van der Waals surface area contributed by atoms with Crippen LogP contribution in [0, 0.1) is 12.3 Å². The van der Waals surface area contributed by atoms with Crippen LogP contribution in [0.3, 0.4) is 0 Å². The maximum absolute atomic E-state index is 12.3. The van der Waals surface area contributed by atoms with Gasteiger partial charge in [0.05, 0.1) is 0 Å². The van der Waals surface area contributed by atoms with Crippen LogP contribution >= 0.6 is 0 Å². The van der Waals surface area contributed by atoms with Crippen molar-refractivity contribution in [2.24, 2.45) is 5.41 Å². The minimum atomic E-state index is -0.812. The van der Waals surface area contributed by atoms with Gasteiger partial charge in [0, 0.05) is 11.7 Å². The van der Waals surface area contributed by atoms with E-state index < -0.39 is 5.41 Å². The average molecular weight is 258 g/mol. The van der Waals surface area contributed by atoms with Gasteiger partial charge >= 0.3 is 0 Å². The van der Waals surface area contributed by atoms with E-state index in [0.29, 0.717) is 18.9 Å². The van der Waals surface area contributed by atoms with Gasteiger partial charge in [0.2, 0.25) is 11.8 Å². The number of hydrogen-bond donors (Lipinski definition) is 2. The van der Waals surface area contributed by atoms with Crippen LogP contribution in [0.5, 0.6) is 0 Å². The van der Waals surface area contributed by atoms with Crippen LogP contribution in [-0.4, -0.2) is 17.9 Å². The molecule has 2 N–H and O–H groups in total. The number of benzene rings is 1. The highest BCUT2D eigenvalue weighted by atomic mass is 16.2. The SMILES string of the molecule is Cc1ccc(NC(=O)C2(C(=O)NC3CC3)CC2)cc1. The largest absolute Gasteiger partial charge is 0.352 e. The second-order valence-electron chi connectivity index (χ2n) is 5.65. The second-order valence-corrected chi connectivity index (χ2v) is 5.65. The van der Waals surface area contributed by atoms with E-state index in [1.807, 2.05) is 31.2 Å². The van der Waals surface area contributed by atoms with Crippen molar-refractivity contribution in [1.29, 1.82) is 0 Å². The molecule has 2 fully saturated rings. The Labute approximate surface area is 112 Å². The van der Waals surface area contributed by atoms with E-state index in [9.17, 15) is 9.59 Å². The van der Waals surface area contributed by atoms with Gasteiger partial charge in [-0.05, 0) is 44.7 Å². The van der Waals surface area contributed by atoms with Crippen LogP contribution in [0.4, 0.5) is 5.69 Å². The topological polar surface area (TPSA) is 58.2 Å². The van der Waals surface area contributed by atoms with E-state index in [1.165, 1.54) is 0 Å². The molecule has 19 heavy (non-hydrogen) atoms. The lowest BCUT2D eigenvalue weighted by molar-refractivity contribution is -0.134. The molecular formula is C15H18N2O2. The number of anilines is 1. The monoisotopic (exact) mass is 258 g/mol. The van der Waals surface area contributed by atoms with Gasteiger partial charge in [-0.3, -0.25) is 9.59 Å². The van der Waals surface area contributed by atoms with E-state index in [2.05, 4.69) is 10.6 Å². The third-order valence-electron chi connectivity index (χ3n) is 3.84. The van der Waals surface area contributed by atoms with Gasteiger partial charge in [0.25, 0.3) is 0 Å². The zero-order valence-corrected chi connectivity index (χ0v) is 11.0. The number of amides is 2. The fourth-order valence-electron chi connectivity index (χ4n) is 2.12. The molecule has 0 radical (unpaired) electrons. The first kappa shape index (κ1) is 12.2. The van der Waals surface area contributed by atoms with Crippen LogP contribution in [0.25, 0.3) is 0 Å². The molecule has 100 valence electrons. The Bertz CT molecular complexity index is 513. The molecule has 0 spiro atoms. The maximum Gasteiger partial charge on any atom is 0.240 e. The summed E-state index contributed by atoms with van der Waals surface area (Å²) in [5, 5.41) is 5.78. The standard InChI is InChI=1S/C15H18N2O2/c1-10-2-4-11(5-3-10)16-13(18)15(8-9-15)14(19)17-12-6-7-12/h2-5,12H,6-9H2,1H3,(H,16,18)(H,17,19). The third kappa shape index (κ3) is 2.48. The highest BCUT2D eigenvalue weighted by molar-refractivity contribution is 6.13. The zero-order valence-electron chi connectivity index (χ0n) is 11.0. The molecular weight excluding hydrogens is 240 g/mol. The Morgan fingerprint density at radius 2 is 1.74 bits per heavy atom. The summed E-state index contributed by atoms with van der Waals surface area (Å²) in [6.45, 7) is 2.00. The number of carbonyl (C=O) groups is 2. The maximum atomic E-state index is 12.3. The first-order chi connectivity index (χ1) is 9.10. The summed E-state index contributed by atoms with van der Waals surface area (Å²) >= 11 is 0. The van der Waals surface area contributed by atoms with E-state index in [-0.39, 0.29) is 11.8 Å². The molecule has 0 aromatic heterocycles. The summed E-state index contributed by atoms with van der Waals surface area (Å²) in [4.78, 5) is 24.3. The van der Waals surface area contributed by atoms with Crippen molar-refractivity contribution in [1.82, 2.24) is 5.32 Å². The predicted molar refractivity (Wildman–Crippen MR) is 72.6 cm³/mol. The Hall–Kier alpha value is -1.84. The van der Waals surface area contributed by atoms with Crippen LogP contribution in [0.2, 0.25) is 0 Å². The van der Waals surface area contributed by atoms with Crippen LogP contribution < -0.4 is 10.6 Å². The summed E-state index contributed by atoms with van der Waals surface area (Å²) in [7, 11) is 0. The van der Waals surface area contributed by atoms with E-state index in [1.54, 1.807) is 0 Å². The minimum absolute atomic E-state index is 0.0976. The molecule has 2 aliphatic rings. The third-order valence-corrected chi connectivity index (χ3v) is 3.84. The van der Waals surface area contributed by atoms with Gasteiger partial charge in [-0.15, -0.1) is 0 Å². The molecule has 4 nitrogen and oxygen atoms in total. The molecule has 1 aromatic rings. The van der Waals surface area contributed by atoms with Crippen LogP contribution in [0.15, 0.2) is 24.3 Å². The Morgan fingerprint density at radius 3 is 2.26 bits per heavy atom. The fourth-order valence-corrected chi connectivity index (χ4v) is 2.12. The summed E-state index contributed by atoms with van der Waals surface area (Å²) in [5.74, 6) is -0.269. The Kier molecular flexibility index (Phi) is 2.81. The van der Waals surface area contributed by atoms with Crippen LogP contribution in [-0.2, 0) is 9.59 Å². The molecule has 0 bridgehead atoms. The highest BCUT2D eigenvalue weighted by Gasteiger charge is 2.57. The first-order valence-corrected chi connectivity index (χ1v) is 6.79. The van der Waals surface area contributed by atoms with E-state index in [4.69, 9.17) is 0 Å². The van der Waals surface area contributed by atoms with E-state index in [0.717, 1.165) is 24.1 Å². The van der Waals surface area contributed by atoms with Crippen molar-refractivity contribution in [3.8, 4) is 0 Å². The molecule has 0 aliphatic heterocycles. The lowest BCUT2D eigenvalue weighted by atomic mass is 10.0. The van der Waals surface area contributed by atoms with Crippen molar-refractivity contribution in [2.75, 3.05) is 5.32 Å². The van der Waals surface area contributed by atoms with Crippen molar-refractivity contribution in [2.45, 2.75) is 38.6 Å².